The Hall–Kier alpha value is -2.20. The average Bonchev–Trinajstić information content (AvgIpc) is 2.54. The Morgan fingerprint density at radius 1 is 1.24 bits per heavy atom. The van der Waals surface area contributed by atoms with E-state index in [0.29, 0.717) is 5.56 Å². The summed E-state index contributed by atoms with van der Waals surface area (Å²) in [5, 5.41) is 3.27. The monoisotopic (exact) mass is 285 g/mol. The molecule has 0 spiro atoms. The lowest BCUT2D eigenvalue weighted by molar-refractivity contribution is 0.103. The van der Waals surface area contributed by atoms with Crippen LogP contribution in [-0.2, 0) is 13.0 Å². The van der Waals surface area contributed by atoms with Crippen LogP contribution in [0.2, 0.25) is 0 Å². The Kier molecular flexibility index (Phi) is 3.71. The van der Waals surface area contributed by atoms with Crippen LogP contribution in [0, 0.1) is 5.82 Å². The molecule has 21 heavy (non-hydrogen) atoms. The number of nitrogens with one attached hydrogen (secondary N) is 1. The first kappa shape index (κ1) is 13.8. The molecule has 0 saturated carbocycles. The maximum Gasteiger partial charge on any atom is 0.196 e. The highest BCUT2D eigenvalue weighted by Gasteiger charge is 2.18. The zero-order valence-electron chi connectivity index (χ0n) is 11.8. The van der Waals surface area contributed by atoms with Crippen LogP contribution in [0.4, 0.5) is 4.39 Å². The van der Waals surface area contributed by atoms with Gasteiger partial charge in [-0.15, -0.1) is 0 Å². The zero-order chi connectivity index (χ0) is 14.8. The molecule has 1 aliphatic heterocycles. The minimum Gasteiger partial charge on any atom is -0.494 e. The summed E-state index contributed by atoms with van der Waals surface area (Å²) in [5.41, 5.74) is 2.90. The number of carbonyl (C=O) groups is 1. The predicted molar refractivity (Wildman–Crippen MR) is 78.2 cm³/mol. The minimum absolute atomic E-state index is 0.0399. The van der Waals surface area contributed by atoms with Crippen LogP contribution >= 0.6 is 0 Å². The SMILES string of the molecule is COc1cccc(C(=O)c2ccc3c(c2)CNCC3)c1F. The standard InChI is InChI=1S/C17H16FNO2/c1-21-15-4-2-3-14(16(15)18)17(20)12-6-5-11-7-8-19-10-13(11)9-12/h2-6,9,19H,7-8,10H2,1H3. The summed E-state index contributed by atoms with van der Waals surface area (Å²) in [6, 6.07) is 10.2. The second-order valence-corrected chi connectivity index (χ2v) is 5.06. The minimum atomic E-state index is -0.610. The van der Waals surface area contributed by atoms with E-state index in [0.717, 1.165) is 25.1 Å². The number of hydrogen-bond donors (Lipinski definition) is 1. The third-order valence-electron chi connectivity index (χ3n) is 3.78. The summed E-state index contributed by atoms with van der Waals surface area (Å²) in [4.78, 5) is 12.5. The summed E-state index contributed by atoms with van der Waals surface area (Å²) in [6.07, 6.45) is 0.956. The summed E-state index contributed by atoms with van der Waals surface area (Å²) >= 11 is 0. The molecule has 0 bridgehead atoms. The van der Waals surface area contributed by atoms with E-state index in [1.54, 1.807) is 12.1 Å². The topological polar surface area (TPSA) is 38.3 Å². The largest absolute Gasteiger partial charge is 0.494 e. The zero-order valence-corrected chi connectivity index (χ0v) is 11.8. The molecular weight excluding hydrogens is 269 g/mol. The first-order chi connectivity index (χ1) is 10.2. The summed E-state index contributed by atoms with van der Waals surface area (Å²) in [6.45, 7) is 1.70. The van der Waals surface area contributed by atoms with Crippen molar-refractivity contribution in [3.8, 4) is 5.75 Å². The molecule has 4 heteroatoms. The lowest BCUT2D eigenvalue weighted by atomic mass is 9.95. The van der Waals surface area contributed by atoms with Gasteiger partial charge in [0, 0.05) is 12.1 Å². The third kappa shape index (κ3) is 2.54. The molecule has 0 saturated heterocycles. The Bertz CT molecular complexity index is 697. The summed E-state index contributed by atoms with van der Waals surface area (Å²) < 4.78 is 19.1. The number of ketones is 1. The van der Waals surface area contributed by atoms with Crippen molar-refractivity contribution < 1.29 is 13.9 Å². The first-order valence-electron chi connectivity index (χ1n) is 6.90. The van der Waals surface area contributed by atoms with Gasteiger partial charge in [0.2, 0.25) is 0 Å². The lowest BCUT2D eigenvalue weighted by Crippen LogP contribution is -2.24. The number of rotatable bonds is 3. The van der Waals surface area contributed by atoms with Gasteiger partial charge in [0.05, 0.1) is 12.7 Å². The smallest absolute Gasteiger partial charge is 0.196 e. The van der Waals surface area contributed by atoms with Gasteiger partial charge in [-0.2, -0.15) is 0 Å². The van der Waals surface area contributed by atoms with Gasteiger partial charge in [-0.3, -0.25) is 4.79 Å². The van der Waals surface area contributed by atoms with Crippen molar-refractivity contribution in [2.24, 2.45) is 0 Å². The van der Waals surface area contributed by atoms with E-state index in [1.165, 1.54) is 24.8 Å². The molecule has 0 aromatic heterocycles. The molecule has 2 aromatic rings. The van der Waals surface area contributed by atoms with Gasteiger partial charge in [-0.25, -0.2) is 4.39 Å². The molecule has 0 fully saturated rings. The second kappa shape index (κ2) is 5.66. The van der Waals surface area contributed by atoms with E-state index in [9.17, 15) is 9.18 Å². The fraction of sp³-hybridized carbons (Fsp3) is 0.235. The number of hydrogen-bond acceptors (Lipinski definition) is 3. The maximum absolute atomic E-state index is 14.2. The van der Waals surface area contributed by atoms with E-state index in [4.69, 9.17) is 4.74 Å². The molecule has 0 unspecified atom stereocenters. The molecule has 1 N–H and O–H groups in total. The Labute approximate surface area is 122 Å². The molecule has 1 aliphatic rings. The highest BCUT2D eigenvalue weighted by Crippen LogP contribution is 2.24. The molecule has 3 nitrogen and oxygen atoms in total. The Morgan fingerprint density at radius 3 is 2.90 bits per heavy atom. The number of fused-ring (bicyclic) bond motifs is 1. The highest BCUT2D eigenvalue weighted by molar-refractivity contribution is 6.09. The Balaban J connectivity index is 1.99. The normalized spacial score (nSPS) is 13.6. The van der Waals surface area contributed by atoms with Crippen LogP contribution in [0.3, 0.4) is 0 Å². The molecule has 0 radical (unpaired) electrons. The number of carbonyl (C=O) groups excluding carboxylic acids is 1. The van der Waals surface area contributed by atoms with Crippen LogP contribution in [-0.4, -0.2) is 19.4 Å². The van der Waals surface area contributed by atoms with Gasteiger partial charge in [0.1, 0.15) is 0 Å². The van der Waals surface area contributed by atoms with Crippen molar-refractivity contribution >= 4 is 5.78 Å². The number of methoxy groups -OCH3 is 1. The van der Waals surface area contributed by atoms with Gasteiger partial charge in [-0.05, 0) is 42.3 Å². The van der Waals surface area contributed by atoms with Crippen LogP contribution in [0.25, 0.3) is 0 Å². The van der Waals surface area contributed by atoms with Gasteiger partial charge in [-0.1, -0.05) is 18.2 Å². The summed E-state index contributed by atoms with van der Waals surface area (Å²) in [5.74, 6) is -0.846. The van der Waals surface area contributed by atoms with E-state index < -0.39 is 5.82 Å². The highest BCUT2D eigenvalue weighted by atomic mass is 19.1. The molecule has 108 valence electrons. The molecule has 0 amide bonds. The van der Waals surface area contributed by atoms with Crippen LogP contribution in [0.15, 0.2) is 36.4 Å². The molecule has 3 rings (SSSR count). The van der Waals surface area contributed by atoms with E-state index >= 15 is 0 Å². The van der Waals surface area contributed by atoms with Crippen molar-refractivity contribution in [1.82, 2.24) is 5.32 Å². The van der Waals surface area contributed by atoms with Crippen LogP contribution in [0.5, 0.6) is 5.75 Å². The fourth-order valence-electron chi connectivity index (χ4n) is 2.62. The molecule has 1 heterocycles. The first-order valence-corrected chi connectivity index (χ1v) is 6.90. The van der Waals surface area contributed by atoms with Gasteiger partial charge >= 0.3 is 0 Å². The maximum atomic E-state index is 14.2. The van der Waals surface area contributed by atoms with Crippen molar-refractivity contribution in [1.29, 1.82) is 0 Å². The summed E-state index contributed by atoms with van der Waals surface area (Å²) in [7, 11) is 1.39. The third-order valence-corrected chi connectivity index (χ3v) is 3.78. The van der Waals surface area contributed by atoms with Crippen molar-refractivity contribution in [3.63, 3.8) is 0 Å². The molecule has 2 aromatic carbocycles. The van der Waals surface area contributed by atoms with Crippen molar-refractivity contribution in [2.75, 3.05) is 13.7 Å². The lowest BCUT2D eigenvalue weighted by Gasteiger charge is -2.17. The van der Waals surface area contributed by atoms with Crippen molar-refractivity contribution in [2.45, 2.75) is 13.0 Å². The van der Waals surface area contributed by atoms with Crippen molar-refractivity contribution in [3.05, 3.63) is 64.5 Å². The number of ether oxygens (including phenoxy) is 1. The van der Waals surface area contributed by atoms with Gasteiger partial charge < -0.3 is 10.1 Å². The predicted octanol–water partition coefficient (Wildman–Crippen LogP) is 2.71. The van der Waals surface area contributed by atoms with E-state index in [-0.39, 0.29) is 17.1 Å². The fourth-order valence-corrected chi connectivity index (χ4v) is 2.62. The second-order valence-electron chi connectivity index (χ2n) is 5.06. The Morgan fingerprint density at radius 2 is 2.10 bits per heavy atom. The van der Waals surface area contributed by atoms with E-state index in [2.05, 4.69) is 5.32 Å². The van der Waals surface area contributed by atoms with Crippen LogP contribution in [0.1, 0.15) is 27.0 Å². The quantitative estimate of drug-likeness (QED) is 0.881. The average molecular weight is 285 g/mol. The molecule has 0 aliphatic carbocycles. The van der Waals surface area contributed by atoms with Crippen LogP contribution < -0.4 is 10.1 Å². The number of halogens is 1. The van der Waals surface area contributed by atoms with Gasteiger partial charge in [0.25, 0.3) is 0 Å². The van der Waals surface area contributed by atoms with E-state index in [1.807, 2.05) is 12.1 Å². The molecular formula is C17H16FNO2. The number of benzene rings is 2. The molecule has 0 atom stereocenters. The van der Waals surface area contributed by atoms with Gasteiger partial charge in [0.15, 0.2) is 17.3 Å².